The molecule has 0 aliphatic carbocycles. The van der Waals surface area contributed by atoms with Crippen molar-refractivity contribution in [2.75, 3.05) is 0 Å². The minimum absolute atomic E-state index is 0.623. The van der Waals surface area contributed by atoms with Gasteiger partial charge in [0.25, 0.3) is 0 Å². The maximum atomic E-state index is 4.41. The summed E-state index contributed by atoms with van der Waals surface area (Å²) in [4.78, 5) is 0. The lowest BCUT2D eigenvalue weighted by atomic mass is 10.3. The lowest BCUT2D eigenvalue weighted by Crippen LogP contribution is -1.65. The average Bonchev–Trinajstić information content (AvgIpc) is 2.33. The minimum Gasteiger partial charge on any atom is -0.243 e. The van der Waals surface area contributed by atoms with Crippen LogP contribution in [0.5, 0.6) is 0 Å². The van der Waals surface area contributed by atoms with Crippen LogP contribution in [-0.4, -0.2) is 10.3 Å². The van der Waals surface area contributed by atoms with Crippen LogP contribution in [0.2, 0.25) is 0 Å². The molecule has 2 rings (SSSR count). The molecule has 0 fully saturated rings. The minimum atomic E-state index is 0.623. The normalized spacial score (nSPS) is 10.2. The number of hydrogen-bond donors (Lipinski definition) is 0. The third-order valence-electron chi connectivity index (χ3n) is 1.03. The van der Waals surface area contributed by atoms with Gasteiger partial charge in [-0.1, -0.05) is 6.07 Å². The Hall–Kier alpha value is -1.38. The highest BCUT2D eigenvalue weighted by Gasteiger charge is 1.94. The first-order valence-corrected chi connectivity index (χ1v) is 2.47. The highest BCUT2D eigenvalue weighted by atomic mass is 16.6. The molecule has 1 aromatic carbocycles. The van der Waals surface area contributed by atoms with E-state index >= 15 is 0 Å². The van der Waals surface area contributed by atoms with Crippen LogP contribution in [0.25, 0.3) is 11.0 Å². The summed E-state index contributed by atoms with van der Waals surface area (Å²) in [6.07, 6.45) is 0. The van der Waals surface area contributed by atoms with Crippen LogP contribution in [0.4, 0.5) is 0 Å². The molecule has 0 amide bonds. The number of aromatic nitrogens is 2. The summed E-state index contributed by atoms with van der Waals surface area (Å²) in [6.45, 7) is 0. The van der Waals surface area contributed by atoms with Crippen molar-refractivity contribution in [1.29, 1.82) is 0 Å². The number of fused-ring (bicyclic) bond motifs is 1. The van der Waals surface area contributed by atoms with Crippen LogP contribution in [0, 0.1) is 12.1 Å². The van der Waals surface area contributed by atoms with Crippen LogP contribution in [0.3, 0.4) is 0 Å². The molecule has 1 aromatic heterocycles. The zero-order chi connectivity index (χ0) is 6.10. The second kappa shape index (κ2) is 1.55. The van der Waals surface area contributed by atoms with Crippen molar-refractivity contribution in [2.24, 2.45) is 0 Å². The van der Waals surface area contributed by atoms with Crippen molar-refractivity contribution < 1.29 is 4.63 Å². The molecule has 2 aromatic rings. The van der Waals surface area contributed by atoms with E-state index in [1.165, 1.54) is 0 Å². The Balaban J connectivity index is 2.95. The van der Waals surface area contributed by atoms with Crippen LogP contribution >= 0.6 is 0 Å². The average molecular weight is 118 g/mol. The zero-order valence-corrected chi connectivity index (χ0v) is 4.46. The first-order chi connectivity index (χ1) is 4.47. The molecule has 0 unspecified atom stereocenters. The molecule has 3 heteroatoms. The number of rotatable bonds is 0. The van der Waals surface area contributed by atoms with Crippen molar-refractivity contribution in [3.05, 3.63) is 24.3 Å². The molecule has 0 saturated heterocycles. The van der Waals surface area contributed by atoms with Crippen molar-refractivity contribution >= 4 is 11.0 Å². The van der Waals surface area contributed by atoms with Gasteiger partial charge in [0.1, 0.15) is 11.0 Å². The van der Waals surface area contributed by atoms with Gasteiger partial charge in [-0.3, -0.25) is 0 Å². The molecule has 1 heterocycles. The fraction of sp³-hybridized carbons (Fsp3) is 0. The van der Waals surface area contributed by atoms with Gasteiger partial charge in [0.05, 0.1) is 0 Å². The number of benzene rings is 1. The molecule has 0 N–H and O–H groups in total. The van der Waals surface area contributed by atoms with Gasteiger partial charge in [-0.05, 0) is 22.4 Å². The maximum Gasteiger partial charge on any atom is 0.143 e. The fourth-order valence-electron chi connectivity index (χ4n) is 0.622. The lowest BCUT2D eigenvalue weighted by molar-refractivity contribution is 0.315. The van der Waals surface area contributed by atoms with E-state index in [-0.39, 0.29) is 0 Å². The zero-order valence-electron chi connectivity index (χ0n) is 4.46. The topological polar surface area (TPSA) is 38.9 Å². The SMILES string of the molecule is [c]1[c]c2nonc2cc1. The second-order valence-electron chi connectivity index (χ2n) is 1.60. The molecule has 2 radical (unpaired) electrons. The van der Waals surface area contributed by atoms with Crippen LogP contribution in [0.15, 0.2) is 16.8 Å². The van der Waals surface area contributed by atoms with Crippen LogP contribution in [0.1, 0.15) is 0 Å². The van der Waals surface area contributed by atoms with E-state index in [0.717, 1.165) is 0 Å². The van der Waals surface area contributed by atoms with E-state index in [0.29, 0.717) is 11.0 Å². The molecule has 0 aliphatic rings. The third kappa shape index (κ3) is 0.579. The Bertz CT molecular complexity index is 285. The monoisotopic (exact) mass is 118 g/mol. The summed E-state index contributed by atoms with van der Waals surface area (Å²) >= 11 is 0. The first kappa shape index (κ1) is 4.49. The predicted octanol–water partition coefficient (Wildman–Crippen LogP) is 0.823. The van der Waals surface area contributed by atoms with Crippen molar-refractivity contribution in [3.8, 4) is 0 Å². The highest BCUT2D eigenvalue weighted by Crippen LogP contribution is 2.04. The fourth-order valence-corrected chi connectivity index (χ4v) is 0.622. The van der Waals surface area contributed by atoms with E-state index < -0.39 is 0 Å². The summed E-state index contributed by atoms with van der Waals surface area (Å²) < 4.78 is 4.41. The van der Waals surface area contributed by atoms with Gasteiger partial charge in [0.2, 0.25) is 0 Å². The first-order valence-electron chi connectivity index (χ1n) is 2.47. The highest BCUT2D eigenvalue weighted by molar-refractivity contribution is 5.71. The standard InChI is InChI=1S/C6H2N2O/c1-2-4-6-5(3-1)7-9-8-6/h1,3H. The van der Waals surface area contributed by atoms with Crippen molar-refractivity contribution in [3.63, 3.8) is 0 Å². The van der Waals surface area contributed by atoms with Crippen molar-refractivity contribution in [1.82, 2.24) is 10.3 Å². The van der Waals surface area contributed by atoms with E-state index in [1.807, 2.05) is 0 Å². The number of nitrogens with zero attached hydrogens (tertiary/aromatic N) is 2. The van der Waals surface area contributed by atoms with Crippen LogP contribution in [-0.2, 0) is 0 Å². The summed E-state index contributed by atoms with van der Waals surface area (Å²) in [7, 11) is 0. The molecular weight excluding hydrogens is 116 g/mol. The van der Waals surface area contributed by atoms with E-state index in [2.05, 4.69) is 27.1 Å². The molecular formula is C6H2N2O. The Morgan fingerprint density at radius 3 is 3.33 bits per heavy atom. The molecule has 0 atom stereocenters. The smallest absolute Gasteiger partial charge is 0.143 e. The summed E-state index contributed by atoms with van der Waals surface area (Å²) in [5.41, 5.74) is 1.34. The van der Waals surface area contributed by atoms with Crippen LogP contribution < -0.4 is 0 Å². The molecule has 0 saturated carbocycles. The molecule has 3 nitrogen and oxygen atoms in total. The molecule has 42 valence electrons. The number of hydrogen-bond acceptors (Lipinski definition) is 3. The van der Waals surface area contributed by atoms with Gasteiger partial charge in [0, 0.05) is 6.07 Å². The Morgan fingerprint density at radius 2 is 2.44 bits per heavy atom. The largest absolute Gasteiger partial charge is 0.243 e. The van der Waals surface area contributed by atoms with E-state index in [1.54, 1.807) is 12.1 Å². The van der Waals surface area contributed by atoms with Crippen molar-refractivity contribution in [2.45, 2.75) is 0 Å². The Kier molecular flexibility index (Phi) is 0.773. The van der Waals surface area contributed by atoms with Gasteiger partial charge in [-0.15, -0.1) is 0 Å². The summed E-state index contributed by atoms with van der Waals surface area (Å²) in [5, 5.41) is 7.13. The van der Waals surface area contributed by atoms with E-state index in [4.69, 9.17) is 0 Å². The molecule has 0 spiro atoms. The van der Waals surface area contributed by atoms with E-state index in [9.17, 15) is 0 Å². The van der Waals surface area contributed by atoms with Gasteiger partial charge < -0.3 is 0 Å². The van der Waals surface area contributed by atoms with Gasteiger partial charge >= 0.3 is 0 Å². The van der Waals surface area contributed by atoms with Gasteiger partial charge in [-0.2, -0.15) is 0 Å². The van der Waals surface area contributed by atoms with Gasteiger partial charge in [0.15, 0.2) is 0 Å². The molecule has 0 bridgehead atoms. The second-order valence-corrected chi connectivity index (χ2v) is 1.60. The maximum absolute atomic E-state index is 4.41. The molecule has 9 heavy (non-hydrogen) atoms. The quantitative estimate of drug-likeness (QED) is 0.514. The Labute approximate surface area is 51.2 Å². The third-order valence-corrected chi connectivity index (χ3v) is 1.03. The summed E-state index contributed by atoms with van der Waals surface area (Å²) in [5.74, 6) is 0. The predicted molar refractivity (Wildman–Crippen MR) is 29.5 cm³/mol. The molecule has 0 aliphatic heterocycles. The lowest BCUT2D eigenvalue weighted by Gasteiger charge is -1.74. The summed E-state index contributed by atoms with van der Waals surface area (Å²) in [6, 6.07) is 8.95. The Morgan fingerprint density at radius 1 is 1.44 bits per heavy atom. The van der Waals surface area contributed by atoms with Gasteiger partial charge in [-0.25, -0.2) is 4.63 Å².